The molecule has 156 valence electrons. The number of fused-ring (bicyclic) bond motifs is 1. The monoisotopic (exact) mass is 418 g/mol. The van der Waals surface area contributed by atoms with Crippen LogP contribution in [0.15, 0.2) is 59.0 Å². The number of rotatable bonds is 4. The Hall–Kier alpha value is -3.99. The van der Waals surface area contributed by atoms with E-state index in [4.69, 9.17) is 4.74 Å². The van der Waals surface area contributed by atoms with Gasteiger partial charge in [0.2, 0.25) is 5.88 Å². The number of ether oxygens (including phenoxy) is 1. The van der Waals surface area contributed by atoms with Gasteiger partial charge >= 0.3 is 0 Å². The van der Waals surface area contributed by atoms with Gasteiger partial charge in [0.25, 0.3) is 11.5 Å². The second kappa shape index (κ2) is 8.79. The van der Waals surface area contributed by atoms with E-state index in [1.165, 1.54) is 34.7 Å². The minimum absolute atomic E-state index is 0.0325. The minimum atomic E-state index is -0.484. The van der Waals surface area contributed by atoms with Gasteiger partial charge in [-0.25, -0.2) is 4.39 Å². The molecule has 1 amide bonds. The molecule has 3 aromatic rings. The van der Waals surface area contributed by atoms with E-state index in [1.54, 1.807) is 29.3 Å². The van der Waals surface area contributed by atoms with E-state index in [0.717, 1.165) is 19.3 Å². The van der Waals surface area contributed by atoms with E-state index in [0.29, 0.717) is 18.7 Å². The maximum absolute atomic E-state index is 13.2. The van der Waals surface area contributed by atoms with E-state index < -0.39 is 17.3 Å². The Bertz CT molecular complexity index is 1250. The minimum Gasteiger partial charge on any atom is -0.438 e. The molecule has 1 fully saturated rings. The van der Waals surface area contributed by atoms with Gasteiger partial charge in [-0.05, 0) is 61.7 Å². The Morgan fingerprint density at radius 2 is 1.87 bits per heavy atom. The lowest BCUT2D eigenvalue weighted by Crippen LogP contribution is -2.36. The maximum Gasteiger partial charge on any atom is 0.269 e. The van der Waals surface area contributed by atoms with Crippen LogP contribution in [0.3, 0.4) is 0 Å². The smallest absolute Gasteiger partial charge is 0.269 e. The molecule has 0 aliphatic carbocycles. The Labute approximate surface area is 177 Å². The van der Waals surface area contributed by atoms with Crippen LogP contribution in [0.5, 0.6) is 11.6 Å². The second-order valence-electron chi connectivity index (χ2n) is 7.14. The van der Waals surface area contributed by atoms with Crippen molar-refractivity contribution in [3.63, 3.8) is 0 Å². The number of aromatic nitrogens is 2. The van der Waals surface area contributed by atoms with Crippen LogP contribution in [0.1, 0.15) is 24.8 Å². The molecule has 0 spiro atoms. The van der Waals surface area contributed by atoms with Gasteiger partial charge in [-0.3, -0.25) is 14.0 Å². The third kappa shape index (κ3) is 4.31. The number of benzene rings is 1. The van der Waals surface area contributed by atoms with Gasteiger partial charge in [-0.1, -0.05) is 6.07 Å². The Morgan fingerprint density at radius 1 is 1.13 bits per heavy atom. The van der Waals surface area contributed by atoms with Gasteiger partial charge in [-0.15, -0.1) is 0 Å². The van der Waals surface area contributed by atoms with Crippen LogP contribution >= 0.6 is 0 Å². The van der Waals surface area contributed by atoms with Crippen LogP contribution in [-0.4, -0.2) is 33.3 Å². The van der Waals surface area contributed by atoms with Crippen LogP contribution in [0, 0.1) is 17.1 Å². The molecule has 1 aromatic carbocycles. The number of halogens is 1. The summed E-state index contributed by atoms with van der Waals surface area (Å²) in [5, 5.41) is 9.63. The fraction of sp³-hybridized carbons (Fsp3) is 0.217. The van der Waals surface area contributed by atoms with E-state index in [1.807, 2.05) is 6.07 Å². The Balaban J connectivity index is 1.82. The third-order valence-corrected chi connectivity index (χ3v) is 5.05. The first-order chi connectivity index (χ1) is 15.1. The summed E-state index contributed by atoms with van der Waals surface area (Å²) in [5.41, 5.74) is -0.347. The topological polar surface area (TPSA) is 87.7 Å². The predicted octanol–water partition coefficient (Wildman–Crippen LogP) is 3.55. The van der Waals surface area contributed by atoms with Crippen LogP contribution in [0.25, 0.3) is 11.7 Å². The van der Waals surface area contributed by atoms with Crippen LogP contribution in [-0.2, 0) is 4.79 Å². The molecule has 4 rings (SSSR count). The first kappa shape index (κ1) is 20.3. The van der Waals surface area contributed by atoms with Crippen molar-refractivity contribution in [2.24, 2.45) is 0 Å². The summed E-state index contributed by atoms with van der Waals surface area (Å²) in [5.74, 6) is -0.656. The average Bonchev–Trinajstić information content (AvgIpc) is 2.81. The highest BCUT2D eigenvalue weighted by molar-refractivity contribution is 6.02. The molecule has 0 N–H and O–H groups in total. The van der Waals surface area contributed by atoms with Crippen molar-refractivity contribution in [3.8, 4) is 17.7 Å². The number of carbonyl (C=O) groups is 1. The van der Waals surface area contributed by atoms with E-state index in [-0.39, 0.29) is 22.8 Å². The molecule has 8 heteroatoms. The number of hydrogen-bond donors (Lipinski definition) is 0. The molecule has 0 unspecified atom stereocenters. The molecular weight excluding hydrogens is 399 g/mol. The molecule has 1 aliphatic heterocycles. The van der Waals surface area contributed by atoms with E-state index in [2.05, 4.69) is 4.98 Å². The molecule has 0 atom stereocenters. The molecule has 31 heavy (non-hydrogen) atoms. The summed E-state index contributed by atoms with van der Waals surface area (Å²) in [4.78, 5) is 32.0. The zero-order chi connectivity index (χ0) is 21.8. The number of likely N-dealkylation sites (tertiary alicyclic amines) is 1. The van der Waals surface area contributed by atoms with Crippen molar-refractivity contribution < 1.29 is 13.9 Å². The quantitative estimate of drug-likeness (QED) is 0.478. The summed E-state index contributed by atoms with van der Waals surface area (Å²) in [6, 6.07) is 12.2. The summed E-state index contributed by atoms with van der Waals surface area (Å²) < 4.78 is 20.3. The van der Waals surface area contributed by atoms with Crippen molar-refractivity contribution in [2.45, 2.75) is 19.3 Å². The maximum atomic E-state index is 13.2. The number of nitrogens with zero attached hydrogens (tertiary/aromatic N) is 4. The summed E-state index contributed by atoms with van der Waals surface area (Å²) in [6.45, 7) is 1.15. The molecule has 1 saturated heterocycles. The van der Waals surface area contributed by atoms with Gasteiger partial charge in [0, 0.05) is 19.3 Å². The van der Waals surface area contributed by atoms with Crippen LogP contribution in [0.2, 0.25) is 0 Å². The molecule has 7 nitrogen and oxygen atoms in total. The summed E-state index contributed by atoms with van der Waals surface area (Å²) in [7, 11) is 0. The molecule has 0 radical (unpaired) electrons. The van der Waals surface area contributed by atoms with Gasteiger partial charge < -0.3 is 9.64 Å². The lowest BCUT2D eigenvalue weighted by atomic mass is 10.1. The Morgan fingerprint density at radius 3 is 2.58 bits per heavy atom. The number of carbonyl (C=O) groups excluding carboxylic acids is 1. The largest absolute Gasteiger partial charge is 0.438 e. The molecule has 0 bridgehead atoms. The predicted molar refractivity (Wildman–Crippen MR) is 112 cm³/mol. The molecule has 2 aromatic heterocycles. The lowest BCUT2D eigenvalue weighted by Gasteiger charge is -2.26. The van der Waals surface area contributed by atoms with Gasteiger partial charge in [0.05, 0.1) is 0 Å². The standard InChI is InChI=1S/C23H19FN4O3/c24-17-7-9-18(10-8-17)31-21-19(23(30)28-13-5-2-6-20(28)26-21)14-16(15-25)22(29)27-11-3-1-4-12-27/h2,5-10,13-14H,1,3-4,11-12H2/b16-14-. The first-order valence-electron chi connectivity index (χ1n) is 9.93. The molecule has 0 saturated carbocycles. The highest BCUT2D eigenvalue weighted by Gasteiger charge is 2.22. The van der Waals surface area contributed by atoms with Gasteiger partial charge in [0.15, 0.2) is 0 Å². The highest BCUT2D eigenvalue weighted by atomic mass is 19.1. The number of nitriles is 1. The summed E-state index contributed by atoms with van der Waals surface area (Å²) in [6.07, 6.45) is 5.57. The molecule has 1 aliphatic rings. The van der Waals surface area contributed by atoms with Crippen molar-refractivity contribution in [3.05, 3.63) is 76.0 Å². The van der Waals surface area contributed by atoms with Crippen molar-refractivity contribution in [2.75, 3.05) is 13.1 Å². The average molecular weight is 418 g/mol. The normalized spacial score (nSPS) is 14.3. The third-order valence-electron chi connectivity index (χ3n) is 5.05. The summed E-state index contributed by atoms with van der Waals surface area (Å²) >= 11 is 0. The van der Waals surface area contributed by atoms with Crippen molar-refractivity contribution in [1.29, 1.82) is 5.26 Å². The number of pyridine rings is 1. The first-order valence-corrected chi connectivity index (χ1v) is 9.93. The fourth-order valence-electron chi connectivity index (χ4n) is 3.45. The fourth-order valence-corrected chi connectivity index (χ4v) is 3.45. The van der Waals surface area contributed by atoms with Crippen LogP contribution in [0.4, 0.5) is 4.39 Å². The molecular formula is C23H19FN4O3. The highest BCUT2D eigenvalue weighted by Crippen LogP contribution is 2.25. The van der Waals surface area contributed by atoms with E-state index >= 15 is 0 Å². The lowest BCUT2D eigenvalue weighted by molar-refractivity contribution is -0.127. The van der Waals surface area contributed by atoms with E-state index in [9.17, 15) is 19.2 Å². The SMILES string of the molecule is N#C/C(=C/c1c(Oc2ccc(F)cc2)nc2ccccn2c1=O)C(=O)N1CCCCC1. The zero-order valence-electron chi connectivity index (χ0n) is 16.6. The number of piperidine rings is 1. The number of amides is 1. The zero-order valence-corrected chi connectivity index (χ0v) is 16.6. The molecule has 3 heterocycles. The second-order valence-corrected chi connectivity index (χ2v) is 7.14. The van der Waals surface area contributed by atoms with Crippen LogP contribution < -0.4 is 10.3 Å². The van der Waals surface area contributed by atoms with Crippen molar-refractivity contribution in [1.82, 2.24) is 14.3 Å². The Kier molecular flexibility index (Phi) is 5.76. The van der Waals surface area contributed by atoms with Crippen molar-refractivity contribution >= 4 is 17.6 Å². The van der Waals surface area contributed by atoms with Gasteiger partial charge in [-0.2, -0.15) is 10.2 Å². The number of hydrogen-bond acceptors (Lipinski definition) is 5. The van der Waals surface area contributed by atoms with Gasteiger partial charge in [0.1, 0.15) is 34.4 Å².